The van der Waals surface area contributed by atoms with Gasteiger partial charge in [0, 0.05) is 6.04 Å². The lowest BCUT2D eigenvalue weighted by atomic mass is 9.94. The van der Waals surface area contributed by atoms with E-state index in [1.807, 2.05) is 0 Å². The molecule has 0 unspecified atom stereocenters. The van der Waals surface area contributed by atoms with E-state index in [9.17, 15) is 4.79 Å². The molecule has 1 aliphatic carbocycles. The highest BCUT2D eigenvalue weighted by atomic mass is 16.4. The maximum absolute atomic E-state index is 10.4. The van der Waals surface area contributed by atoms with Gasteiger partial charge in [0.15, 0.2) is 0 Å². The Bertz CT molecular complexity index is 202. The largest absolute Gasteiger partial charge is 0.481 e. The van der Waals surface area contributed by atoms with E-state index in [2.05, 4.69) is 6.92 Å². The van der Waals surface area contributed by atoms with Gasteiger partial charge >= 0.3 is 5.97 Å². The van der Waals surface area contributed by atoms with E-state index < -0.39 is 5.97 Å². The fourth-order valence-corrected chi connectivity index (χ4v) is 2.10. The Morgan fingerprint density at radius 2 is 2.20 bits per heavy atom. The fourth-order valence-electron chi connectivity index (χ4n) is 2.10. The van der Waals surface area contributed by atoms with Crippen LogP contribution in [0.5, 0.6) is 0 Å². The van der Waals surface area contributed by atoms with E-state index in [0.717, 1.165) is 12.3 Å². The van der Waals surface area contributed by atoms with Gasteiger partial charge in [0.1, 0.15) is 0 Å². The average molecular weight is 213 g/mol. The van der Waals surface area contributed by atoms with Crippen LogP contribution in [0, 0.1) is 11.8 Å². The van der Waals surface area contributed by atoms with Crippen LogP contribution in [0.1, 0.15) is 51.9 Å². The van der Waals surface area contributed by atoms with Crippen molar-refractivity contribution >= 4 is 5.97 Å². The Balaban J connectivity index is 1.99. The minimum atomic E-state index is -0.785. The molecule has 0 bridgehead atoms. The first-order valence-electron chi connectivity index (χ1n) is 6.05. The number of carboxylic acid groups (broad SMARTS) is 1. The molecule has 0 saturated heterocycles. The summed E-state index contributed by atoms with van der Waals surface area (Å²) in [4.78, 5) is 10.4. The molecule has 1 saturated carbocycles. The van der Waals surface area contributed by atoms with Crippen LogP contribution in [0.2, 0.25) is 0 Å². The fraction of sp³-hybridized carbons (Fsp3) is 0.917. The van der Waals surface area contributed by atoms with Gasteiger partial charge in [-0.3, -0.25) is 4.79 Å². The third kappa shape index (κ3) is 6.50. The van der Waals surface area contributed by atoms with Crippen molar-refractivity contribution < 1.29 is 9.90 Å². The molecule has 0 heterocycles. The van der Waals surface area contributed by atoms with E-state index in [0.29, 0.717) is 5.92 Å². The van der Waals surface area contributed by atoms with Crippen molar-refractivity contribution in [2.24, 2.45) is 17.6 Å². The first-order valence-corrected chi connectivity index (χ1v) is 6.05. The van der Waals surface area contributed by atoms with Crippen LogP contribution in [-0.4, -0.2) is 17.1 Å². The zero-order valence-electron chi connectivity index (χ0n) is 9.61. The molecule has 3 heteroatoms. The molecule has 3 nitrogen and oxygen atoms in total. The van der Waals surface area contributed by atoms with Crippen molar-refractivity contribution in [3.05, 3.63) is 0 Å². The van der Waals surface area contributed by atoms with Gasteiger partial charge in [-0.15, -0.1) is 0 Å². The predicted molar refractivity (Wildman–Crippen MR) is 60.6 cm³/mol. The molecule has 0 aromatic carbocycles. The number of aliphatic carboxylic acids is 1. The Kier molecular flexibility index (Phi) is 5.09. The van der Waals surface area contributed by atoms with Crippen molar-refractivity contribution in [1.29, 1.82) is 0 Å². The van der Waals surface area contributed by atoms with E-state index in [4.69, 9.17) is 10.8 Å². The molecule has 0 amide bonds. The van der Waals surface area contributed by atoms with E-state index in [1.54, 1.807) is 0 Å². The second-order valence-corrected chi connectivity index (χ2v) is 5.07. The molecule has 3 N–H and O–H groups in total. The molecular formula is C12H23NO2. The molecule has 0 radical (unpaired) electrons. The van der Waals surface area contributed by atoms with Crippen LogP contribution >= 0.6 is 0 Å². The first-order chi connectivity index (χ1) is 7.08. The predicted octanol–water partition coefficient (Wildman–Crippen LogP) is 2.39. The maximum Gasteiger partial charge on any atom is 0.304 e. The topological polar surface area (TPSA) is 63.3 Å². The summed E-state index contributed by atoms with van der Waals surface area (Å²) in [5.41, 5.74) is 5.74. The van der Waals surface area contributed by atoms with Crippen LogP contribution in [0.25, 0.3) is 0 Å². The zero-order valence-corrected chi connectivity index (χ0v) is 9.61. The third-order valence-electron chi connectivity index (χ3n) is 3.15. The van der Waals surface area contributed by atoms with Gasteiger partial charge < -0.3 is 10.8 Å². The summed E-state index contributed by atoms with van der Waals surface area (Å²) in [6.45, 7) is 2.18. The Labute approximate surface area is 92.0 Å². The molecule has 0 aliphatic heterocycles. The van der Waals surface area contributed by atoms with Gasteiger partial charge in [-0.2, -0.15) is 0 Å². The lowest BCUT2D eigenvalue weighted by molar-refractivity contribution is -0.137. The van der Waals surface area contributed by atoms with Crippen molar-refractivity contribution in [2.45, 2.75) is 57.9 Å². The van der Waals surface area contributed by atoms with E-state index in [1.165, 1.54) is 32.1 Å². The van der Waals surface area contributed by atoms with Gasteiger partial charge in [-0.05, 0) is 18.3 Å². The zero-order chi connectivity index (χ0) is 11.3. The molecule has 0 aromatic heterocycles. The van der Waals surface area contributed by atoms with E-state index in [-0.39, 0.29) is 12.5 Å². The van der Waals surface area contributed by atoms with Crippen LogP contribution in [0.3, 0.4) is 0 Å². The van der Waals surface area contributed by atoms with Crippen LogP contribution in [0.15, 0.2) is 0 Å². The van der Waals surface area contributed by atoms with Gasteiger partial charge in [0.25, 0.3) is 0 Å². The normalized spacial score (nSPS) is 19.9. The quantitative estimate of drug-likeness (QED) is 0.650. The lowest BCUT2D eigenvalue weighted by Crippen LogP contribution is -2.25. The van der Waals surface area contributed by atoms with Crippen molar-refractivity contribution in [2.75, 3.05) is 0 Å². The van der Waals surface area contributed by atoms with Crippen LogP contribution < -0.4 is 5.73 Å². The summed E-state index contributed by atoms with van der Waals surface area (Å²) in [5, 5.41) is 8.57. The van der Waals surface area contributed by atoms with Gasteiger partial charge in [-0.25, -0.2) is 0 Å². The minimum Gasteiger partial charge on any atom is -0.481 e. The van der Waals surface area contributed by atoms with Crippen LogP contribution in [0.4, 0.5) is 0 Å². The highest BCUT2D eigenvalue weighted by Gasteiger charge is 2.20. The number of carbonyl (C=O) groups is 1. The molecule has 1 aliphatic rings. The van der Waals surface area contributed by atoms with E-state index >= 15 is 0 Å². The molecule has 0 aromatic rings. The van der Waals surface area contributed by atoms with Crippen molar-refractivity contribution in [1.82, 2.24) is 0 Å². The van der Waals surface area contributed by atoms with Gasteiger partial charge in [-0.1, -0.05) is 39.0 Å². The maximum atomic E-state index is 10.4. The van der Waals surface area contributed by atoms with Crippen LogP contribution in [-0.2, 0) is 4.79 Å². The number of rotatable bonds is 8. The van der Waals surface area contributed by atoms with Crippen molar-refractivity contribution in [3.8, 4) is 0 Å². The summed E-state index contributed by atoms with van der Waals surface area (Å²) in [7, 11) is 0. The number of hydrogen-bond donors (Lipinski definition) is 2. The number of hydrogen-bond acceptors (Lipinski definition) is 2. The highest BCUT2D eigenvalue weighted by Crippen LogP contribution is 2.34. The summed E-state index contributed by atoms with van der Waals surface area (Å²) in [6.07, 6.45) is 7.64. The summed E-state index contributed by atoms with van der Waals surface area (Å²) in [6, 6.07) is -0.168. The average Bonchev–Trinajstić information content (AvgIpc) is 2.85. The molecule has 2 atom stereocenters. The number of nitrogens with two attached hydrogens (primary N) is 1. The molecule has 1 fully saturated rings. The Morgan fingerprint density at radius 3 is 2.73 bits per heavy atom. The second kappa shape index (κ2) is 6.11. The van der Waals surface area contributed by atoms with Gasteiger partial charge in [0.2, 0.25) is 0 Å². The first kappa shape index (κ1) is 12.5. The standard InChI is InChI=1S/C12H23NO2/c1-9(3-2-4-10-5-6-10)7-11(13)8-12(14)15/h9-11H,2-8,13H2,1H3,(H,14,15)/t9-,11-/m0/s1. The molecule has 0 spiro atoms. The smallest absolute Gasteiger partial charge is 0.304 e. The second-order valence-electron chi connectivity index (χ2n) is 5.07. The lowest BCUT2D eigenvalue weighted by Gasteiger charge is -2.15. The molecular weight excluding hydrogens is 190 g/mol. The Morgan fingerprint density at radius 1 is 1.53 bits per heavy atom. The number of carboxylic acids is 1. The summed E-state index contributed by atoms with van der Waals surface area (Å²) >= 11 is 0. The van der Waals surface area contributed by atoms with Gasteiger partial charge in [0.05, 0.1) is 6.42 Å². The SMILES string of the molecule is C[C@@H](CCCC1CC1)C[C@H](N)CC(=O)O. The monoisotopic (exact) mass is 213 g/mol. The minimum absolute atomic E-state index is 0.104. The highest BCUT2D eigenvalue weighted by molar-refractivity contribution is 5.67. The summed E-state index contributed by atoms with van der Waals surface area (Å²) < 4.78 is 0. The Hall–Kier alpha value is -0.570. The van der Waals surface area contributed by atoms with Crippen molar-refractivity contribution in [3.63, 3.8) is 0 Å². The molecule has 1 rings (SSSR count). The molecule has 15 heavy (non-hydrogen) atoms. The molecule has 88 valence electrons. The summed E-state index contributed by atoms with van der Waals surface area (Å²) in [5.74, 6) is 0.788. The third-order valence-corrected chi connectivity index (χ3v) is 3.15.